The van der Waals surface area contributed by atoms with Crippen molar-refractivity contribution in [2.45, 2.75) is 77.1 Å². The molecule has 0 aliphatic carbocycles. The number of aryl methyl sites for hydroxylation is 1. The summed E-state index contributed by atoms with van der Waals surface area (Å²) in [5.74, 6) is 0.203. The second-order valence-electron chi connectivity index (χ2n) is 11.8. The third-order valence-electron chi connectivity index (χ3n) is 7.01. The van der Waals surface area contributed by atoms with Crippen molar-refractivity contribution in [3.8, 4) is 0 Å². The molecular formula is C30H40N6O5S. The summed E-state index contributed by atoms with van der Waals surface area (Å²) in [5, 5.41) is 2.95. The summed E-state index contributed by atoms with van der Waals surface area (Å²) >= 11 is 1.51. The number of aromatic nitrogens is 4. The molecule has 2 aromatic heterocycles. The first kappa shape index (κ1) is 31.1. The molecule has 1 aliphatic rings. The number of ketones is 1. The van der Waals surface area contributed by atoms with Gasteiger partial charge in [0, 0.05) is 43.2 Å². The maximum Gasteiger partial charge on any atom is 0.407 e. The first-order valence-electron chi connectivity index (χ1n) is 14.0. The fraction of sp³-hybridized carbons (Fsp3) is 0.500. The SMILES string of the molecule is CSc1cccc(C(=O)Cn2c(=O)c3c(nc(N4CCCC(NC(=O)OC(C)(C)C)C4)n3CC=C(C)C)n(C)c2=O)c1. The fourth-order valence-electron chi connectivity index (χ4n) is 4.97. The Morgan fingerprint density at radius 2 is 1.93 bits per heavy atom. The van der Waals surface area contributed by atoms with Crippen LogP contribution in [0.25, 0.3) is 11.2 Å². The van der Waals surface area contributed by atoms with Crippen LogP contribution in [0.1, 0.15) is 57.8 Å². The molecule has 1 atom stereocenters. The lowest BCUT2D eigenvalue weighted by Gasteiger charge is -2.34. The second kappa shape index (κ2) is 12.6. The third-order valence-corrected chi connectivity index (χ3v) is 7.74. The van der Waals surface area contributed by atoms with Gasteiger partial charge in [-0.15, -0.1) is 11.8 Å². The molecule has 1 aliphatic heterocycles. The van der Waals surface area contributed by atoms with Crippen molar-refractivity contribution in [1.82, 2.24) is 24.0 Å². The van der Waals surface area contributed by atoms with Crippen molar-refractivity contribution in [2.75, 3.05) is 24.2 Å². The first-order chi connectivity index (χ1) is 19.8. The molecule has 42 heavy (non-hydrogen) atoms. The zero-order valence-electron chi connectivity index (χ0n) is 25.4. The molecule has 1 fully saturated rings. The smallest absolute Gasteiger partial charge is 0.407 e. The van der Waals surface area contributed by atoms with Crippen LogP contribution in [-0.2, 0) is 24.9 Å². The van der Waals surface area contributed by atoms with Gasteiger partial charge in [-0.05, 0) is 65.8 Å². The molecule has 0 spiro atoms. The highest BCUT2D eigenvalue weighted by molar-refractivity contribution is 7.98. The number of nitrogens with one attached hydrogen (secondary N) is 1. The Kier molecular flexibility index (Phi) is 9.34. The highest BCUT2D eigenvalue weighted by Gasteiger charge is 2.29. The van der Waals surface area contributed by atoms with E-state index in [4.69, 9.17) is 9.72 Å². The molecule has 12 heteroatoms. The van der Waals surface area contributed by atoms with Crippen LogP contribution in [0.4, 0.5) is 10.7 Å². The molecular weight excluding hydrogens is 556 g/mol. The summed E-state index contributed by atoms with van der Waals surface area (Å²) in [4.78, 5) is 60.7. The number of anilines is 1. The Hall–Kier alpha value is -3.80. The summed E-state index contributed by atoms with van der Waals surface area (Å²) in [5.41, 5.74) is 0.203. The number of rotatable bonds is 8. The van der Waals surface area contributed by atoms with Crippen molar-refractivity contribution in [3.05, 3.63) is 62.3 Å². The van der Waals surface area contributed by atoms with Crippen LogP contribution in [0, 0.1) is 0 Å². The number of carbonyl (C=O) groups is 2. The van der Waals surface area contributed by atoms with Gasteiger partial charge >= 0.3 is 11.8 Å². The lowest BCUT2D eigenvalue weighted by atomic mass is 10.1. The fourth-order valence-corrected chi connectivity index (χ4v) is 5.43. The Morgan fingerprint density at radius 1 is 1.19 bits per heavy atom. The number of alkyl carbamates (subject to hydrolysis) is 1. The number of Topliss-reactive ketones (excluding diaryl/α,β-unsaturated/α-hetero) is 1. The maximum absolute atomic E-state index is 13.9. The summed E-state index contributed by atoms with van der Waals surface area (Å²) in [7, 11) is 1.56. The van der Waals surface area contributed by atoms with Gasteiger partial charge in [-0.1, -0.05) is 23.8 Å². The van der Waals surface area contributed by atoms with Gasteiger partial charge in [0.25, 0.3) is 5.56 Å². The number of piperidine rings is 1. The van der Waals surface area contributed by atoms with Gasteiger partial charge < -0.3 is 19.5 Å². The van der Waals surface area contributed by atoms with E-state index in [1.807, 2.05) is 57.9 Å². The number of hydrogen-bond acceptors (Lipinski definition) is 8. The minimum absolute atomic E-state index is 0.180. The standard InChI is InChI=1S/C30H40N6O5S/c1-19(2)13-15-35-24-25(32-27(35)34-14-9-11-21(17-34)31-28(39)41-30(3,4)5)33(6)29(40)36(26(24)38)18-23(37)20-10-8-12-22(16-20)42-7/h8,10,12-13,16,21H,9,11,14-15,17-18H2,1-7H3,(H,31,39). The zero-order valence-corrected chi connectivity index (χ0v) is 26.2. The number of carbonyl (C=O) groups excluding carboxylic acids is 2. The van der Waals surface area contributed by atoms with Crippen LogP contribution in [0.15, 0.2) is 50.4 Å². The zero-order chi connectivity index (χ0) is 30.8. The van der Waals surface area contributed by atoms with Gasteiger partial charge in [-0.3, -0.25) is 18.7 Å². The number of allylic oxidation sites excluding steroid dienone is 2. The van der Waals surface area contributed by atoms with E-state index in [1.54, 1.807) is 29.8 Å². The van der Waals surface area contributed by atoms with E-state index in [0.717, 1.165) is 27.9 Å². The van der Waals surface area contributed by atoms with Crippen LogP contribution in [0.2, 0.25) is 0 Å². The largest absolute Gasteiger partial charge is 0.444 e. The number of ether oxygens (including phenoxy) is 1. The monoisotopic (exact) mass is 596 g/mol. The molecule has 1 aromatic carbocycles. The molecule has 0 bridgehead atoms. The van der Waals surface area contributed by atoms with E-state index in [2.05, 4.69) is 5.32 Å². The molecule has 3 aromatic rings. The van der Waals surface area contributed by atoms with Crippen molar-refractivity contribution >= 4 is 40.8 Å². The number of nitrogens with zero attached hydrogens (tertiary/aromatic N) is 5. The van der Waals surface area contributed by atoms with E-state index in [0.29, 0.717) is 31.1 Å². The average molecular weight is 597 g/mol. The lowest BCUT2D eigenvalue weighted by Crippen LogP contribution is -2.49. The number of fused-ring (bicyclic) bond motifs is 1. The number of benzene rings is 1. The summed E-state index contributed by atoms with van der Waals surface area (Å²) in [6.45, 7) is 10.5. The number of amides is 1. The van der Waals surface area contributed by atoms with Gasteiger partial charge in [0.05, 0.1) is 6.54 Å². The third kappa shape index (κ3) is 6.97. The topological polar surface area (TPSA) is 120 Å². The minimum atomic E-state index is -0.611. The Balaban J connectivity index is 1.75. The number of hydrogen-bond donors (Lipinski definition) is 1. The highest BCUT2D eigenvalue weighted by Crippen LogP contribution is 2.24. The van der Waals surface area contributed by atoms with E-state index in [-0.39, 0.29) is 29.5 Å². The molecule has 1 saturated heterocycles. The van der Waals surface area contributed by atoms with Crippen LogP contribution in [0.3, 0.4) is 0 Å². The van der Waals surface area contributed by atoms with Crippen LogP contribution in [0.5, 0.6) is 0 Å². The minimum Gasteiger partial charge on any atom is -0.444 e. The van der Waals surface area contributed by atoms with E-state index >= 15 is 0 Å². The van der Waals surface area contributed by atoms with Gasteiger partial charge in [0.1, 0.15) is 5.60 Å². The second-order valence-corrected chi connectivity index (χ2v) is 12.7. The maximum atomic E-state index is 13.9. The molecule has 3 heterocycles. The normalized spacial score (nSPS) is 15.5. The van der Waals surface area contributed by atoms with Gasteiger partial charge in [-0.25, -0.2) is 9.59 Å². The molecule has 1 unspecified atom stereocenters. The van der Waals surface area contributed by atoms with Crippen molar-refractivity contribution in [3.63, 3.8) is 0 Å². The number of thioether (sulfide) groups is 1. The van der Waals surface area contributed by atoms with Crippen molar-refractivity contribution in [2.24, 2.45) is 7.05 Å². The molecule has 1 N–H and O–H groups in total. The predicted octanol–water partition coefficient (Wildman–Crippen LogP) is 3.96. The summed E-state index contributed by atoms with van der Waals surface area (Å²) < 4.78 is 9.56. The number of imidazole rings is 1. The van der Waals surface area contributed by atoms with Gasteiger partial charge in [0.2, 0.25) is 5.95 Å². The van der Waals surface area contributed by atoms with E-state index in [1.165, 1.54) is 16.3 Å². The van der Waals surface area contributed by atoms with Crippen LogP contribution < -0.4 is 21.5 Å². The average Bonchev–Trinajstić information content (AvgIpc) is 3.32. The van der Waals surface area contributed by atoms with Crippen LogP contribution >= 0.6 is 11.8 Å². The Morgan fingerprint density at radius 3 is 2.60 bits per heavy atom. The highest BCUT2D eigenvalue weighted by atomic mass is 32.2. The molecule has 0 radical (unpaired) electrons. The van der Waals surface area contributed by atoms with Crippen LogP contribution in [-0.4, -0.2) is 61.5 Å². The first-order valence-corrected chi connectivity index (χ1v) is 15.3. The quantitative estimate of drug-likeness (QED) is 0.236. The molecule has 0 saturated carbocycles. The van der Waals surface area contributed by atoms with E-state index < -0.39 is 22.9 Å². The van der Waals surface area contributed by atoms with E-state index in [9.17, 15) is 19.2 Å². The molecule has 226 valence electrons. The van der Waals surface area contributed by atoms with Gasteiger partial charge in [-0.2, -0.15) is 4.98 Å². The summed E-state index contributed by atoms with van der Waals surface area (Å²) in [6, 6.07) is 6.95. The summed E-state index contributed by atoms with van der Waals surface area (Å²) in [6.07, 6.45) is 4.99. The van der Waals surface area contributed by atoms with Crippen molar-refractivity contribution in [1.29, 1.82) is 0 Å². The Bertz CT molecular complexity index is 1640. The lowest BCUT2D eigenvalue weighted by molar-refractivity contribution is 0.0499. The predicted molar refractivity (Wildman–Crippen MR) is 166 cm³/mol. The molecule has 1 amide bonds. The molecule has 11 nitrogen and oxygen atoms in total. The van der Waals surface area contributed by atoms with Gasteiger partial charge in [0.15, 0.2) is 16.9 Å². The van der Waals surface area contributed by atoms with Crippen molar-refractivity contribution < 1.29 is 14.3 Å². The molecule has 4 rings (SSSR count). The Labute approximate surface area is 249 Å².